The van der Waals surface area contributed by atoms with E-state index in [4.69, 9.17) is 25.8 Å². The molecule has 0 aliphatic carbocycles. The van der Waals surface area contributed by atoms with Crippen LogP contribution in [0.4, 0.5) is 17.2 Å². The van der Waals surface area contributed by atoms with Crippen LogP contribution in [-0.2, 0) is 16.1 Å². The number of nitrogens with one attached hydrogen (secondary N) is 2. The summed E-state index contributed by atoms with van der Waals surface area (Å²) in [4.78, 5) is 31.9. The van der Waals surface area contributed by atoms with Crippen LogP contribution in [0, 0.1) is 11.8 Å². The Bertz CT molecular complexity index is 1590. The largest absolute Gasteiger partial charge is 0.491 e. The van der Waals surface area contributed by atoms with Gasteiger partial charge in [-0.05, 0) is 49.6 Å². The maximum Gasteiger partial charge on any atom is 0.300 e. The average molecular weight is 588 g/mol. The fourth-order valence-electron chi connectivity index (χ4n) is 4.34. The lowest BCUT2D eigenvalue weighted by Crippen LogP contribution is -2.37. The fourth-order valence-corrected chi connectivity index (χ4v) is 4.58. The lowest BCUT2D eigenvalue weighted by molar-refractivity contribution is -0.111. The lowest BCUT2D eigenvalue weighted by atomic mass is 10.1. The normalized spacial score (nSPS) is 13.2. The van der Waals surface area contributed by atoms with E-state index in [1.54, 1.807) is 49.6 Å². The van der Waals surface area contributed by atoms with E-state index in [-0.39, 0.29) is 6.61 Å². The summed E-state index contributed by atoms with van der Waals surface area (Å²) in [6.07, 6.45) is 5.60. The van der Waals surface area contributed by atoms with Crippen LogP contribution in [0.5, 0.6) is 11.5 Å². The number of aromatic nitrogens is 4. The van der Waals surface area contributed by atoms with E-state index >= 15 is 0 Å². The highest BCUT2D eigenvalue weighted by Gasteiger charge is 2.15. The minimum absolute atomic E-state index is 0.193. The van der Waals surface area contributed by atoms with Crippen molar-refractivity contribution < 1.29 is 19.0 Å². The second-order valence-corrected chi connectivity index (χ2v) is 9.70. The number of morpholine rings is 1. The van der Waals surface area contributed by atoms with Crippen LogP contribution in [0.25, 0.3) is 10.9 Å². The van der Waals surface area contributed by atoms with Crippen molar-refractivity contribution in [2.75, 3.05) is 50.1 Å². The molecule has 2 aromatic heterocycles. The summed E-state index contributed by atoms with van der Waals surface area (Å²) in [5.74, 6) is 6.78. The molecule has 4 aromatic rings. The molecular weight excluding hydrogens is 558 g/mol. The minimum Gasteiger partial charge on any atom is -0.491 e. The summed E-state index contributed by atoms with van der Waals surface area (Å²) >= 11 is 6.50. The summed E-state index contributed by atoms with van der Waals surface area (Å²) in [7, 11) is 0. The number of benzene rings is 2. The second kappa shape index (κ2) is 14.4. The molecule has 42 heavy (non-hydrogen) atoms. The van der Waals surface area contributed by atoms with Gasteiger partial charge in [-0.2, -0.15) is 0 Å². The van der Waals surface area contributed by atoms with Crippen LogP contribution in [0.3, 0.4) is 0 Å². The number of carbonyl (C=O) groups excluding carboxylic acids is 1. The first kappa shape index (κ1) is 29.0. The molecule has 0 atom stereocenters. The Hall–Kier alpha value is -4.50. The molecule has 1 saturated heterocycles. The molecule has 0 bridgehead atoms. The SMILES string of the molecule is CC#CC(=O)Nc1cc2c(Nc3ccc(OCc4ncccn4)c(Cl)c3)ncnc2cc1OCCCN1CCOCC1. The number of hydrogen-bond donors (Lipinski definition) is 2. The van der Waals surface area contributed by atoms with Gasteiger partial charge in [0, 0.05) is 49.2 Å². The van der Waals surface area contributed by atoms with Gasteiger partial charge in [0.25, 0.3) is 5.91 Å². The van der Waals surface area contributed by atoms with Crippen LogP contribution >= 0.6 is 11.6 Å². The Kier molecular flexibility index (Phi) is 9.95. The number of halogens is 1. The molecule has 5 rings (SSSR count). The Balaban J connectivity index is 1.32. The number of fused-ring (bicyclic) bond motifs is 1. The zero-order valence-corrected chi connectivity index (χ0v) is 23.9. The number of rotatable bonds is 11. The Morgan fingerprint density at radius 1 is 1.07 bits per heavy atom. The first-order valence-electron chi connectivity index (χ1n) is 13.5. The molecular formula is C30H30ClN7O4. The Labute approximate surface area is 248 Å². The van der Waals surface area contributed by atoms with Crippen molar-refractivity contribution in [1.82, 2.24) is 24.8 Å². The smallest absolute Gasteiger partial charge is 0.300 e. The number of anilines is 3. The van der Waals surface area contributed by atoms with Gasteiger partial charge in [0.15, 0.2) is 5.82 Å². The lowest BCUT2D eigenvalue weighted by Gasteiger charge is -2.26. The summed E-state index contributed by atoms with van der Waals surface area (Å²) in [5, 5.41) is 7.21. The molecule has 1 amide bonds. The highest BCUT2D eigenvalue weighted by Crippen LogP contribution is 2.35. The van der Waals surface area contributed by atoms with Gasteiger partial charge in [-0.25, -0.2) is 19.9 Å². The predicted octanol–water partition coefficient (Wildman–Crippen LogP) is 4.46. The molecule has 0 spiro atoms. The standard InChI is InChI=1S/C30H30ClN7O4/c1-2-5-29(39)37-25-17-22-24(18-27(25)41-13-4-10-38-11-14-40-15-12-38)34-20-35-30(22)36-21-6-7-26(23(31)16-21)42-19-28-32-8-3-9-33-28/h3,6-9,16-18,20H,4,10-15,19H2,1H3,(H,37,39)(H,34,35,36). The first-order chi connectivity index (χ1) is 20.6. The van der Waals surface area contributed by atoms with Crippen molar-refractivity contribution in [3.8, 4) is 23.3 Å². The highest BCUT2D eigenvalue weighted by atomic mass is 35.5. The number of nitrogens with zero attached hydrogens (tertiary/aromatic N) is 5. The van der Waals surface area contributed by atoms with Gasteiger partial charge in [-0.3, -0.25) is 9.69 Å². The third kappa shape index (κ3) is 7.82. The van der Waals surface area contributed by atoms with E-state index in [2.05, 4.69) is 47.3 Å². The number of hydrogen-bond acceptors (Lipinski definition) is 10. The second-order valence-electron chi connectivity index (χ2n) is 9.30. The summed E-state index contributed by atoms with van der Waals surface area (Å²) in [6, 6.07) is 10.6. The molecule has 2 aromatic carbocycles. The quantitative estimate of drug-likeness (QED) is 0.192. The number of ether oxygens (including phenoxy) is 3. The van der Waals surface area contributed by atoms with Gasteiger partial charge < -0.3 is 24.8 Å². The molecule has 11 nitrogen and oxygen atoms in total. The van der Waals surface area contributed by atoms with Crippen molar-refractivity contribution in [3.05, 3.63) is 66.0 Å². The molecule has 3 heterocycles. The zero-order chi connectivity index (χ0) is 29.1. The molecule has 0 radical (unpaired) electrons. The van der Waals surface area contributed by atoms with Gasteiger partial charge in [-0.1, -0.05) is 17.5 Å². The summed E-state index contributed by atoms with van der Waals surface area (Å²) in [6.45, 7) is 6.53. The number of carbonyl (C=O) groups is 1. The van der Waals surface area contributed by atoms with Crippen molar-refractivity contribution in [3.63, 3.8) is 0 Å². The highest BCUT2D eigenvalue weighted by molar-refractivity contribution is 6.32. The van der Waals surface area contributed by atoms with E-state index in [0.717, 1.165) is 39.3 Å². The topological polar surface area (TPSA) is 124 Å². The van der Waals surface area contributed by atoms with Crippen molar-refractivity contribution in [1.29, 1.82) is 0 Å². The van der Waals surface area contributed by atoms with E-state index in [1.807, 2.05) is 6.07 Å². The molecule has 0 unspecified atom stereocenters. The van der Waals surface area contributed by atoms with E-state index in [0.29, 0.717) is 57.0 Å². The van der Waals surface area contributed by atoms with E-state index in [9.17, 15) is 4.79 Å². The molecule has 1 aliphatic heterocycles. The van der Waals surface area contributed by atoms with Crippen LogP contribution < -0.4 is 20.1 Å². The molecule has 1 aliphatic rings. The summed E-state index contributed by atoms with van der Waals surface area (Å²) < 4.78 is 17.3. The van der Waals surface area contributed by atoms with E-state index in [1.165, 1.54) is 6.33 Å². The third-order valence-electron chi connectivity index (χ3n) is 6.37. The van der Waals surface area contributed by atoms with Gasteiger partial charge >= 0.3 is 0 Å². The number of amides is 1. The van der Waals surface area contributed by atoms with Crippen molar-refractivity contribution >= 4 is 45.6 Å². The average Bonchev–Trinajstić information content (AvgIpc) is 3.00. The molecule has 12 heteroatoms. The first-order valence-corrected chi connectivity index (χ1v) is 13.9. The van der Waals surface area contributed by atoms with Gasteiger partial charge in [-0.15, -0.1) is 0 Å². The zero-order valence-electron chi connectivity index (χ0n) is 23.1. The van der Waals surface area contributed by atoms with Crippen LogP contribution in [0.15, 0.2) is 55.1 Å². The maximum atomic E-state index is 12.4. The maximum absolute atomic E-state index is 12.4. The molecule has 0 saturated carbocycles. The van der Waals surface area contributed by atoms with Crippen LogP contribution in [0.1, 0.15) is 19.2 Å². The van der Waals surface area contributed by atoms with Crippen molar-refractivity contribution in [2.45, 2.75) is 20.0 Å². The predicted molar refractivity (Wildman–Crippen MR) is 160 cm³/mol. The molecule has 216 valence electrons. The van der Waals surface area contributed by atoms with Crippen LogP contribution in [0.2, 0.25) is 5.02 Å². The van der Waals surface area contributed by atoms with Gasteiger partial charge in [0.2, 0.25) is 0 Å². The Morgan fingerprint density at radius 2 is 1.90 bits per heavy atom. The minimum atomic E-state index is -0.440. The van der Waals surface area contributed by atoms with Crippen molar-refractivity contribution in [2.24, 2.45) is 0 Å². The fraction of sp³-hybridized carbons (Fsp3) is 0.300. The monoisotopic (exact) mass is 587 g/mol. The third-order valence-corrected chi connectivity index (χ3v) is 6.67. The van der Waals surface area contributed by atoms with Gasteiger partial charge in [0.05, 0.1) is 36.0 Å². The van der Waals surface area contributed by atoms with E-state index < -0.39 is 5.91 Å². The van der Waals surface area contributed by atoms with Gasteiger partial charge in [0.1, 0.15) is 30.3 Å². The summed E-state index contributed by atoms with van der Waals surface area (Å²) in [5.41, 5.74) is 1.81. The molecule has 2 N–H and O–H groups in total. The molecule has 1 fully saturated rings. The van der Waals surface area contributed by atoms with Crippen LogP contribution in [-0.4, -0.2) is 70.2 Å². The Morgan fingerprint density at radius 3 is 2.69 bits per heavy atom.